The highest BCUT2D eigenvalue weighted by Gasteiger charge is 2.23. The smallest absolute Gasteiger partial charge is 0.314 e. The second-order valence-corrected chi connectivity index (χ2v) is 9.60. The summed E-state index contributed by atoms with van der Waals surface area (Å²) in [5, 5.41) is 5.58. The number of rotatable bonds is 6. The van der Waals surface area contributed by atoms with Crippen molar-refractivity contribution in [2.24, 2.45) is 5.73 Å². The number of carbonyl (C=O) groups excluding carboxylic acids is 3. The summed E-state index contributed by atoms with van der Waals surface area (Å²) in [4.78, 5) is 42.1. The van der Waals surface area contributed by atoms with Gasteiger partial charge in [-0.25, -0.2) is 18.2 Å². The zero-order valence-corrected chi connectivity index (χ0v) is 18.4. The van der Waals surface area contributed by atoms with Crippen LogP contribution in [0.3, 0.4) is 0 Å². The molecule has 3 rings (SSSR count). The van der Waals surface area contributed by atoms with Crippen molar-refractivity contribution in [1.29, 1.82) is 0 Å². The predicted molar refractivity (Wildman–Crippen MR) is 117 cm³/mol. The van der Waals surface area contributed by atoms with E-state index in [0.717, 1.165) is 11.8 Å². The summed E-state index contributed by atoms with van der Waals surface area (Å²) < 4.78 is 23.0. The van der Waals surface area contributed by atoms with Crippen LogP contribution in [0.1, 0.15) is 39.4 Å². The third-order valence-electron chi connectivity index (χ3n) is 5.16. The van der Waals surface area contributed by atoms with Crippen LogP contribution in [-0.2, 0) is 16.4 Å². The molecule has 1 aromatic carbocycles. The molecule has 1 saturated heterocycles. The normalized spacial score (nSPS) is 14.6. The minimum Gasteiger partial charge on any atom is -0.351 e. The van der Waals surface area contributed by atoms with E-state index >= 15 is 0 Å². The topological polar surface area (TPSA) is 152 Å². The van der Waals surface area contributed by atoms with Crippen molar-refractivity contribution in [3.8, 4) is 0 Å². The standard InChI is InChI=1S/C21H25N5O5S/c1-32(30,31)16-7-5-14(6-8-16)13-23-19(27)17-3-2-4-18(25-17)20(28)24-15-9-11-26(12-10-15)21(22)29/h2-8,15H,9-13H2,1H3,(H2,22,29)(H,23,27)(H,24,28). The fourth-order valence-electron chi connectivity index (χ4n) is 3.32. The van der Waals surface area contributed by atoms with Crippen LogP contribution in [0, 0.1) is 0 Å². The molecule has 1 aliphatic rings. The second-order valence-electron chi connectivity index (χ2n) is 7.58. The fourth-order valence-corrected chi connectivity index (χ4v) is 3.95. The minimum absolute atomic E-state index is 0.0916. The first-order chi connectivity index (χ1) is 15.1. The van der Waals surface area contributed by atoms with Crippen molar-refractivity contribution in [1.82, 2.24) is 20.5 Å². The van der Waals surface area contributed by atoms with Gasteiger partial charge < -0.3 is 21.3 Å². The van der Waals surface area contributed by atoms with E-state index in [0.29, 0.717) is 25.9 Å². The number of sulfone groups is 1. The molecule has 10 nitrogen and oxygen atoms in total. The first-order valence-corrected chi connectivity index (χ1v) is 11.9. The molecule has 2 heterocycles. The largest absolute Gasteiger partial charge is 0.351 e. The Hall–Kier alpha value is -3.47. The van der Waals surface area contributed by atoms with Gasteiger partial charge >= 0.3 is 6.03 Å². The first-order valence-electron chi connectivity index (χ1n) is 10.0. The van der Waals surface area contributed by atoms with Crippen molar-refractivity contribution in [3.05, 3.63) is 59.4 Å². The lowest BCUT2D eigenvalue weighted by Gasteiger charge is -2.31. The molecule has 0 bridgehead atoms. The van der Waals surface area contributed by atoms with Gasteiger partial charge in [-0.1, -0.05) is 18.2 Å². The monoisotopic (exact) mass is 459 g/mol. The van der Waals surface area contributed by atoms with E-state index in [1.54, 1.807) is 18.2 Å². The molecule has 11 heteroatoms. The number of hydrogen-bond acceptors (Lipinski definition) is 6. The number of aromatic nitrogens is 1. The maximum Gasteiger partial charge on any atom is 0.314 e. The van der Waals surface area contributed by atoms with Gasteiger partial charge in [-0.05, 0) is 42.7 Å². The van der Waals surface area contributed by atoms with Crippen LogP contribution in [0.5, 0.6) is 0 Å². The van der Waals surface area contributed by atoms with Crippen molar-refractivity contribution in [3.63, 3.8) is 0 Å². The second kappa shape index (κ2) is 9.77. The Balaban J connectivity index is 1.56. The van der Waals surface area contributed by atoms with E-state index < -0.39 is 27.7 Å². The van der Waals surface area contributed by atoms with Gasteiger partial charge in [-0.3, -0.25) is 9.59 Å². The summed E-state index contributed by atoms with van der Waals surface area (Å²) >= 11 is 0. The van der Waals surface area contributed by atoms with Crippen LogP contribution in [0.15, 0.2) is 47.4 Å². The average molecular weight is 460 g/mol. The molecule has 2 aromatic rings. The van der Waals surface area contributed by atoms with E-state index in [4.69, 9.17) is 5.73 Å². The molecule has 1 aromatic heterocycles. The maximum absolute atomic E-state index is 12.5. The molecule has 32 heavy (non-hydrogen) atoms. The number of nitrogens with two attached hydrogens (primary N) is 1. The van der Waals surface area contributed by atoms with Gasteiger partial charge in [0.1, 0.15) is 11.4 Å². The van der Waals surface area contributed by atoms with Gasteiger partial charge in [0.2, 0.25) is 0 Å². The molecule has 1 fully saturated rings. The third kappa shape index (κ3) is 6.03. The molecule has 0 spiro atoms. The summed E-state index contributed by atoms with van der Waals surface area (Å²) in [5.74, 6) is -0.852. The van der Waals surface area contributed by atoms with E-state index in [1.165, 1.54) is 29.2 Å². The van der Waals surface area contributed by atoms with Crippen LogP contribution in [0.25, 0.3) is 0 Å². The number of piperidine rings is 1. The molecule has 0 radical (unpaired) electrons. The summed E-state index contributed by atoms with van der Waals surface area (Å²) in [5.41, 5.74) is 6.20. The average Bonchev–Trinajstić information content (AvgIpc) is 2.77. The number of benzene rings is 1. The summed E-state index contributed by atoms with van der Waals surface area (Å²) in [6, 6.07) is 10.2. The molecular weight excluding hydrogens is 434 g/mol. The molecular formula is C21H25N5O5S. The van der Waals surface area contributed by atoms with E-state index in [-0.39, 0.29) is 28.9 Å². The molecule has 1 aliphatic heterocycles. The number of carbonyl (C=O) groups is 3. The third-order valence-corrected chi connectivity index (χ3v) is 6.29. The SMILES string of the molecule is CS(=O)(=O)c1ccc(CNC(=O)c2cccc(C(=O)NC3CCN(C(N)=O)CC3)n2)cc1. The number of likely N-dealkylation sites (tertiary alicyclic amines) is 1. The van der Waals surface area contributed by atoms with E-state index in [1.807, 2.05) is 0 Å². The number of pyridine rings is 1. The molecule has 170 valence electrons. The summed E-state index contributed by atoms with van der Waals surface area (Å²) in [6.45, 7) is 1.13. The Morgan fingerprint density at radius 3 is 2.19 bits per heavy atom. The number of hydrogen-bond donors (Lipinski definition) is 3. The molecule has 0 saturated carbocycles. The Kier molecular flexibility index (Phi) is 7.08. The Morgan fingerprint density at radius 1 is 1.03 bits per heavy atom. The van der Waals surface area contributed by atoms with E-state index in [2.05, 4.69) is 15.6 Å². The van der Waals surface area contributed by atoms with Gasteiger partial charge in [0.05, 0.1) is 4.90 Å². The maximum atomic E-state index is 12.5. The van der Waals surface area contributed by atoms with Crippen LogP contribution in [0.4, 0.5) is 4.79 Å². The molecule has 0 aliphatic carbocycles. The van der Waals surface area contributed by atoms with Gasteiger partial charge in [0.15, 0.2) is 9.84 Å². The summed E-state index contributed by atoms with van der Waals surface area (Å²) in [6.07, 6.45) is 2.31. The number of urea groups is 1. The number of amides is 4. The lowest BCUT2D eigenvalue weighted by atomic mass is 10.1. The van der Waals surface area contributed by atoms with Gasteiger partial charge in [0.25, 0.3) is 11.8 Å². The Labute approximate surface area is 186 Å². The highest BCUT2D eigenvalue weighted by atomic mass is 32.2. The van der Waals surface area contributed by atoms with Gasteiger partial charge in [0, 0.05) is 31.9 Å². The summed E-state index contributed by atoms with van der Waals surface area (Å²) in [7, 11) is -3.28. The van der Waals surface area contributed by atoms with Crippen LogP contribution < -0.4 is 16.4 Å². The number of nitrogens with one attached hydrogen (secondary N) is 2. The first kappa shape index (κ1) is 23.2. The number of nitrogens with zero attached hydrogens (tertiary/aromatic N) is 2. The van der Waals surface area contributed by atoms with Crippen LogP contribution >= 0.6 is 0 Å². The van der Waals surface area contributed by atoms with Gasteiger partial charge in [-0.2, -0.15) is 0 Å². The lowest BCUT2D eigenvalue weighted by Crippen LogP contribution is -2.48. The van der Waals surface area contributed by atoms with Gasteiger partial charge in [-0.15, -0.1) is 0 Å². The zero-order chi connectivity index (χ0) is 23.3. The van der Waals surface area contributed by atoms with E-state index in [9.17, 15) is 22.8 Å². The lowest BCUT2D eigenvalue weighted by molar-refractivity contribution is 0.0913. The van der Waals surface area contributed by atoms with Crippen LogP contribution in [0.2, 0.25) is 0 Å². The fraction of sp³-hybridized carbons (Fsp3) is 0.333. The van der Waals surface area contributed by atoms with Crippen LogP contribution in [-0.4, -0.2) is 61.5 Å². The van der Waals surface area contributed by atoms with Crippen molar-refractivity contribution in [2.75, 3.05) is 19.3 Å². The quantitative estimate of drug-likeness (QED) is 0.578. The molecule has 0 unspecified atom stereocenters. The predicted octanol–water partition coefficient (Wildman–Crippen LogP) is 0.688. The highest BCUT2D eigenvalue weighted by molar-refractivity contribution is 7.90. The molecule has 4 N–H and O–H groups in total. The highest BCUT2D eigenvalue weighted by Crippen LogP contribution is 2.12. The molecule has 4 amide bonds. The number of primary amides is 1. The van der Waals surface area contributed by atoms with Crippen molar-refractivity contribution in [2.45, 2.75) is 30.3 Å². The Bertz CT molecular complexity index is 1110. The minimum atomic E-state index is -3.28. The van der Waals surface area contributed by atoms with Crippen molar-refractivity contribution >= 4 is 27.7 Å². The van der Waals surface area contributed by atoms with Crippen molar-refractivity contribution < 1.29 is 22.8 Å². The Morgan fingerprint density at radius 2 is 1.62 bits per heavy atom. The zero-order valence-electron chi connectivity index (χ0n) is 17.6. The molecule has 0 atom stereocenters.